The summed E-state index contributed by atoms with van der Waals surface area (Å²) in [6.07, 6.45) is 0. The quantitative estimate of drug-likeness (QED) is 0.787. The van der Waals surface area contributed by atoms with E-state index in [2.05, 4.69) is 4.90 Å². The number of methoxy groups -OCH3 is 1. The van der Waals surface area contributed by atoms with Crippen molar-refractivity contribution in [2.45, 2.75) is 4.90 Å². The number of ether oxygens (including phenoxy) is 1. The summed E-state index contributed by atoms with van der Waals surface area (Å²) in [5.41, 5.74) is 1.02. The van der Waals surface area contributed by atoms with E-state index < -0.39 is 10.0 Å². The number of hydrogen-bond acceptors (Lipinski definition) is 4. The van der Waals surface area contributed by atoms with Crippen molar-refractivity contribution in [2.75, 3.05) is 38.2 Å². The van der Waals surface area contributed by atoms with E-state index in [1.807, 2.05) is 24.3 Å². The van der Waals surface area contributed by atoms with Gasteiger partial charge in [-0.05, 0) is 30.3 Å². The first-order chi connectivity index (χ1) is 11.9. The van der Waals surface area contributed by atoms with Crippen LogP contribution in [0.4, 0.5) is 5.69 Å². The second-order valence-corrected chi connectivity index (χ2v) is 8.42. The highest BCUT2D eigenvalue weighted by molar-refractivity contribution is 7.89. The first-order valence-corrected chi connectivity index (χ1v) is 9.95. The molecule has 1 aliphatic heterocycles. The smallest absolute Gasteiger partial charge is 0.243 e. The Morgan fingerprint density at radius 2 is 1.68 bits per heavy atom. The number of nitrogens with zero attached hydrogens (tertiary/aromatic N) is 2. The summed E-state index contributed by atoms with van der Waals surface area (Å²) in [5.74, 6) is 0.781. The van der Waals surface area contributed by atoms with Gasteiger partial charge in [0, 0.05) is 37.9 Å². The molecule has 0 radical (unpaired) electrons. The van der Waals surface area contributed by atoms with Crippen LogP contribution in [-0.2, 0) is 10.0 Å². The number of anilines is 1. The van der Waals surface area contributed by atoms with Gasteiger partial charge in [0.05, 0.1) is 22.1 Å². The number of halogens is 2. The van der Waals surface area contributed by atoms with Gasteiger partial charge in [0.2, 0.25) is 10.0 Å². The van der Waals surface area contributed by atoms with Gasteiger partial charge in [-0.1, -0.05) is 29.3 Å². The summed E-state index contributed by atoms with van der Waals surface area (Å²) < 4.78 is 32.3. The minimum atomic E-state index is -3.58. The Bertz CT molecular complexity index is 866. The van der Waals surface area contributed by atoms with Crippen LogP contribution in [0.2, 0.25) is 10.0 Å². The molecule has 0 unspecified atom stereocenters. The normalized spacial score (nSPS) is 16.0. The molecule has 134 valence electrons. The molecule has 0 aliphatic carbocycles. The monoisotopic (exact) mass is 400 g/mol. The fraction of sp³-hybridized carbons (Fsp3) is 0.294. The van der Waals surface area contributed by atoms with Crippen LogP contribution in [0.5, 0.6) is 5.75 Å². The predicted octanol–water partition coefficient (Wildman–Crippen LogP) is 3.51. The van der Waals surface area contributed by atoms with E-state index in [0.29, 0.717) is 31.2 Å². The largest absolute Gasteiger partial charge is 0.497 e. The summed E-state index contributed by atoms with van der Waals surface area (Å²) in [4.78, 5) is 2.31. The Kier molecular flexibility index (Phi) is 5.43. The lowest BCUT2D eigenvalue weighted by atomic mass is 10.2. The molecule has 0 atom stereocenters. The van der Waals surface area contributed by atoms with Crippen LogP contribution in [0.15, 0.2) is 47.4 Å². The van der Waals surface area contributed by atoms with Crippen molar-refractivity contribution in [3.63, 3.8) is 0 Å². The Morgan fingerprint density at radius 1 is 0.960 bits per heavy atom. The number of piperazine rings is 1. The Morgan fingerprint density at radius 3 is 2.32 bits per heavy atom. The summed E-state index contributed by atoms with van der Waals surface area (Å²) >= 11 is 11.8. The highest BCUT2D eigenvalue weighted by atomic mass is 35.5. The molecule has 0 aromatic heterocycles. The standard InChI is InChI=1S/C17H18Cl2N2O3S/c1-24-14-4-2-3-13(11-14)20-7-9-21(10-8-20)25(22,23)15-5-6-16(18)17(19)12-15/h2-6,11-12H,7-10H2,1H3. The third-order valence-corrected chi connectivity index (χ3v) is 6.82. The summed E-state index contributed by atoms with van der Waals surface area (Å²) in [5, 5.41) is 0.571. The molecule has 3 rings (SSSR count). The molecule has 25 heavy (non-hydrogen) atoms. The van der Waals surface area contributed by atoms with Gasteiger partial charge in [-0.2, -0.15) is 4.31 Å². The van der Waals surface area contributed by atoms with Crippen LogP contribution in [0.1, 0.15) is 0 Å². The lowest BCUT2D eigenvalue weighted by Crippen LogP contribution is -2.48. The van der Waals surface area contributed by atoms with E-state index >= 15 is 0 Å². The fourth-order valence-corrected chi connectivity index (χ4v) is 4.59. The molecule has 0 spiro atoms. The number of hydrogen-bond donors (Lipinski definition) is 0. The van der Waals surface area contributed by atoms with E-state index in [4.69, 9.17) is 27.9 Å². The molecule has 0 bridgehead atoms. The molecule has 0 saturated carbocycles. The molecule has 5 nitrogen and oxygen atoms in total. The van der Waals surface area contributed by atoms with Crippen LogP contribution < -0.4 is 9.64 Å². The second-order valence-electron chi connectivity index (χ2n) is 5.67. The van der Waals surface area contributed by atoms with Gasteiger partial charge in [0.25, 0.3) is 0 Å². The van der Waals surface area contributed by atoms with Crippen molar-refractivity contribution in [1.82, 2.24) is 4.31 Å². The lowest BCUT2D eigenvalue weighted by molar-refractivity contribution is 0.384. The van der Waals surface area contributed by atoms with Crippen LogP contribution in [0.25, 0.3) is 0 Å². The molecular formula is C17H18Cl2N2O3S. The number of sulfonamides is 1. The maximum Gasteiger partial charge on any atom is 0.243 e. The first kappa shape index (κ1) is 18.3. The zero-order valence-electron chi connectivity index (χ0n) is 13.7. The maximum absolute atomic E-state index is 12.8. The van der Waals surface area contributed by atoms with Gasteiger partial charge in [-0.15, -0.1) is 0 Å². The van der Waals surface area contributed by atoms with Gasteiger partial charge in [-0.3, -0.25) is 0 Å². The SMILES string of the molecule is COc1cccc(N2CCN(S(=O)(=O)c3ccc(Cl)c(Cl)c3)CC2)c1. The number of rotatable bonds is 4. The predicted molar refractivity (Wildman–Crippen MR) is 100 cm³/mol. The number of benzene rings is 2. The van der Waals surface area contributed by atoms with Crippen molar-refractivity contribution in [2.24, 2.45) is 0 Å². The van der Waals surface area contributed by atoms with Crippen molar-refractivity contribution in [3.05, 3.63) is 52.5 Å². The summed E-state index contributed by atoms with van der Waals surface area (Å²) in [7, 11) is -1.95. The van der Waals surface area contributed by atoms with Gasteiger partial charge >= 0.3 is 0 Å². The summed E-state index contributed by atoms with van der Waals surface area (Å²) in [6.45, 7) is 2.01. The molecule has 1 heterocycles. The van der Waals surface area contributed by atoms with Crippen molar-refractivity contribution < 1.29 is 13.2 Å². The summed E-state index contributed by atoms with van der Waals surface area (Å²) in [6, 6.07) is 12.1. The highest BCUT2D eigenvalue weighted by Gasteiger charge is 2.29. The topological polar surface area (TPSA) is 49.9 Å². The van der Waals surface area contributed by atoms with Crippen molar-refractivity contribution >= 4 is 38.9 Å². The van der Waals surface area contributed by atoms with Crippen LogP contribution >= 0.6 is 23.2 Å². The fourth-order valence-electron chi connectivity index (χ4n) is 2.78. The molecular weight excluding hydrogens is 383 g/mol. The van der Waals surface area contributed by atoms with Crippen molar-refractivity contribution in [1.29, 1.82) is 0 Å². The molecule has 1 saturated heterocycles. The van der Waals surface area contributed by atoms with E-state index in [0.717, 1.165) is 11.4 Å². The molecule has 0 N–H and O–H groups in total. The zero-order valence-corrected chi connectivity index (χ0v) is 16.0. The molecule has 2 aromatic carbocycles. The lowest BCUT2D eigenvalue weighted by Gasteiger charge is -2.35. The third-order valence-electron chi connectivity index (χ3n) is 4.19. The van der Waals surface area contributed by atoms with Crippen molar-refractivity contribution in [3.8, 4) is 5.75 Å². The molecule has 2 aromatic rings. The minimum absolute atomic E-state index is 0.164. The van der Waals surface area contributed by atoms with E-state index in [9.17, 15) is 8.42 Å². The maximum atomic E-state index is 12.8. The van der Waals surface area contributed by atoms with Crippen LogP contribution in [-0.4, -0.2) is 46.0 Å². The first-order valence-electron chi connectivity index (χ1n) is 7.76. The Balaban J connectivity index is 1.73. The average molecular weight is 401 g/mol. The minimum Gasteiger partial charge on any atom is -0.497 e. The van der Waals surface area contributed by atoms with Gasteiger partial charge in [0.15, 0.2) is 0 Å². The molecule has 1 fully saturated rings. The molecule has 1 aliphatic rings. The van der Waals surface area contributed by atoms with Gasteiger partial charge in [0.1, 0.15) is 5.75 Å². The van der Waals surface area contributed by atoms with E-state index in [1.54, 1.807) is 7.11 Å². The highest BCUT2D eigenvalue weighted by Crippen LogP contribution is 2.28. The van der Waals surface area contributed by atoms with Gasteiger partial charge in [-0.25, -0.2) is 8.42 Å². The van der Waals surface area contributed by atoms with E-state index in [1.165, 1.54) is 22.5 Å². The van der Waals surface area contributed by atoms with E-state index in [-0.39, 0.29) is 9.92 Å². The molecule has 8 heteroatoms. The molecule has 0 amide bonds. The van der Waals surface area contributed by atoms with Crippen LogP contribution in [0.3, 0.4) is 0 Å². The Hall–Kier alpha value is -1.47. The average Bonchev–Trinajstić information content (AvgIpc) is 2.64. The third kappa shape index (κ3) is 3.87. The Labute approximate surface area is 157 Å². The van der Waals surface area contributed by atoms with Gasteiger partial charge < -0.3 is 9.64 Å². The second kappa shape index (κ2) is 7.41. The zero-order chi connectivity index (χ0) is 18.0. The van der Waals surface area contributed by atoms with Crippen LogP contribution in [0, 0.1) is 0 Å².